The first-order valence-electron chi connectivity index (χ1n) is 6.50. The molecule has 3 rings (SSSR count). The summed E-state index contributed by atoms with van der Waals surface area (Å²) in [5.41, 5.74) is 8.45. The van der Waals surface area contributed by atoms with Crippen LogP contribution in [0.2, 0.25) is 0 Å². The number of nitrogens with two attached hydrogens (primary N) is 1. The van der Waals surface area contributed by atoms with Gasteiger partial charge in [0.1, 0.15) is 5.52 Å². The highest BCUT2D eigenvalue weighted by Gasteiger charge is 2.11. The van der Waals surface area contributed by atoms with Gasteiger partial charge in [0.05, 0.1) is 12.9 Å². The third-order valence-corrected chi connectivity index (χ3v) is 3.21. The molecule has 3 aromatic rings. The number of aliphatic hydroxyl groups is 1. The molecule has 0 fully saturated rings. The summed E-state index contributed by atoms with van der Waals surface area (Å²) in [5.74, 6) is 0.0327. The van der Waals surface area contributed by atoms with Crippen LogP contribution in [0, 0.1) is 6.08 Å². The summed E-state index contributed by atoms with van der Waals surface area (Å²) in [6.45, 7) is 0.595. The molecule has 0 aliphatic rings. The Morgan fingerprint density at radius 1 is 1.24 bits per heavy atom. The Morgan fingerprint density at radius 2 is 2.05 bits per heavy atom. The second-order valence-corrected chi connectivity index (χ2v) is 4.72. The van der Waals surface area contributed by atoms with Crippen molar-refractivity contribution in [1.82, 2.24) is 19.5 Å². The Labute approximate surface area is 120 Å². The molecule has 0 radical (unpaired) electrons. The molecule has 0 spiro atoms. The maximum Gasteiger partial charge on any atom is 0.312 e. The molecule has 0 aliphatic carbocycles. The van der Waals surface area contributed by atoms with Crippen LogP contribution in [0.5, 0.6) is 0 Å². The SMILES string of the molecule is Nc1nc(F)nc2c1ncn2Cc1cccc(CCO)c1. The number of hydrogen-bond donors (Lipinski definition) is 2. The minimum Gasteiger partial charge on any atom is -0.396 e. The van der Waals surface area contributed by atoms with E-state index >= 15 is 0 Å². The van der Waals surface area contributed by atoms with Crippen LogP contribution in [0.3, 0.4) is 0 Å². The molecule has 0 aliphatic heterocycles. The van der Waals surface area contributed by atoms with E-state index in [0.717, 1.165) is 11.1 Å². The van der Waals surface area contributed by atoms with Gasteiger partial charge < -0.3 is 15.4 Å². The molecule has 2 heterocycles. The van der Waals surface area contributed by atoms with Crippen LogP contribution in [0.25, 0.3) is 11.2 Å². The highest BCUT2D eigenvalue weighted by Crippen LogP contribution is 2.17. The summed E-state index contributed by atoms with van der Waals surface area (Å²) >= 11 is 0. The first-order valence-corrected chi connectivity index (χ1v) is 6.50. The zero-order valence-corrected chi connectivity index (χ0v) is 11.2. The van der Waals surface area contributed by atoms with Crippen LogP contribution >= 0.6 is 0 Å². The summed E-state index contributed by atoms with van der Waals surface area (Å²) in [6.07, 6.45) is 1.30. The molecule has 1 aromatic carbocycles. The molecular weight excluding hydrogens is 273 g/mol. The van der Waals surface area contributed by atoms with Crippen molar-refractivity contribution in [3.8, 4) is 0 Å². The molecule has 0 atom stereocenters. The Bertz CT molecular complexity index is 786. The molecule has 21 heavy (non-hydrogen) atoms. The van der Waals surface area contributed by atoms with Gasteiger partial charge in [-0.3, -0.25) is 0 Å². The van der Waals surface area contributed by atoms with E-state index in [1.165, 1.54) is 0 Å². The molecule has 2 aromatic heterocycles. The molecule has 3 N–H and O–H groups in total. The van der Waals surface area contributed by atoms with E-state index in [4.69, 9.17) is 10.8 Å². The van der Waals surface area contributed by atoms with E-state index in [2.05, 4.69) is 15.0 Å². The Kier molecular flexibility index (Phi) is 3.49. The van der Waals surface area contributed by atoms with Crippen molar-refractivity contribution in [2.45, 2.75) is 13.0 Å². The fraction of sp³-hybridized carbons (Fsp3) is 0.214. The first-order chi connectivity index (χ1) is 10.2. The lowest BCUT2D eigenvalue weighted by molar-refractivity contribution is 0.299. The zero-order valence-electron chi connectivity index (χ0n) is 11.2. The Morgan fingerprint density at radius 3 is 2.86 bits per heavy atom. The highest BCUT2D eigenvalue weighted by molar-refractivity contribution is 5.81. The van der Waals surface area contributed by atoms with Gasteiger partial charge in [-0.25, -0.2) is 4.98 Å². The van der Waals surface area contributed by atoms with Crippen molar-refractivity contribution in [1.29, 1.82) is 0 Å². The van der Waals surface area contributed by atoms with Crippen molar-refractivity contribution in [3.05, 3.63) is 47.8 Å². The monoisotopic (exact) mass is 287 g/mol. The second kappa shape index (κ2) is 5.45. The average molecular weight is 287 g/mol. The van der Waals surface area contributed by atoms with E-state index in [1.54, 1.807) is 10.9 Å². The topological polar surface area (TPSA) is 89.9 Å². The standard InChI is InChI=1S/C14H14FN5O/c15-14-18-12(16)11-13(19-14)20(8-17-11)7-10-3-1-2-9(6-10)4-5-21/h1-3,6,8,21H,4-5,7H2,(H2,16,18,19). The van der Waals surface area contributed by atoms with E-state index in [0.29, 0.717) is 24.1 Å². The summed E-state index contributed by atoms with van der Waals surface area (Å²) < 4.78 is 15.0. The van der Waals surface area contributed by atoms with E-state index in [9.17, 15) is 4.39 Å². The number of anilines is 1. The number of hydrogen-bond acceptors (Lipinski definition) is 5. The quantitative estimate of drug-likeness (QED) is 0.702. The normalized spacial score (nSPS) is 11.1. The summed E-state index contributed by atoms with van der Waals surface area (Å²) in [5, 5.41) is 8.98. The molecule has 6 nitrogen and oxygen atoms in total. The van der Waals surface area contributed by atoms with Crippen LogP contribution in [-0.2, 0) is 13.0 Å². The van der Waals surface area contributed by atoms with E-state index in [-0.39, 0.29) is 12.4 Å². The predicted molar refractivity (Wildman–Crippen MR) is 76.0 cm³/mol. The number of halogens is 1. The lowest BCUT2D eigenvalue weighted by Crippen LogP contribution is -2.03. The lowest BCUT2D eigenvalue weighted by Gasteiger charge is -2.06. The van der Waals surface area contributed by atoms with Crippen LogP contribution in [0.4, 0.5) is 10.2 Å². The van der Waals surface area contributed by atoms with Crippen molar-refractivity contribution in [2.75, 3.05) is 12.3 Å². The average Bonchev–Trinajstić information content (AvgIpc) is 2.83. The van der Waals surface area contributed by atoms with Gasteiger partial charge in [-0.2, -0.15) is 14.4 Å². The summed E-state index contributed by atoms with van der Waals surface area (Å²) in [4.78, 5) is 11.3. The maximum absolute atomic E-state index is 13.3. The van der Waals surface area contributed by atoms with E-state index < -0.39 is 6.08 Å². The van der Waals surface area contributed by atoms with E-state index in [1.807, 2.05) is 24.3 Å². The smallest absolute Gasteiger partial charge is 0.312 e. The summed E-state index contributed by atoms with van der Waals surface area (Å²) in [7, 11) is 0. The van der Waals surface area contributed by atoms with Crippen molar-refractivity contribution >= 4 is 17.0 Å². The highest BCUT2D eigenvalue weighted by atomic mass is 19.1. The lowest BCUT2D eigenvalue weighted by atomic mass is 10.1. The number of aliphatic hydroxyl groups excluding tert-OH is 1. The predicted octanol–water partition coefficient (Wildman–Crippen LogP) is 1.13. The number of rotatable bonds is 4. The van der Waals surface area contributed by atoms with Gasteiger partial charge in [0.2, 0.25) is 0 Å². The number of imidazole rings is 1. The molecule has 7 heteroatoms. The van der Waals surface area contributed by atoms with Crippen molar-refractivity contribution < 1.29 is 9.50 Å². The Balaban J connectivity index is 1.96. The Hall–Kier alpha value is -2.54. The van der Waals surface area contributed by atoms with Gasteiger partial charge in [-0.05, 0) is 17.5 Å². The number of aromatic nitrogens is 4. The van der Waals surface area contributed by atoms with Crippen LogP contribution in [0.1, 0.15) is 11.1 Å². The molecule has 108 valence electrons. The second-order valence-electron chi connectivity index (χ2n) is 4.72. The zero-order chi connectivity index (χ0) is 14.8. The number of nitrogens with zero attached hydrogens (tertiary/aromatic N) is 4. The van der Waals surface area contributed by atoms with Gasteiger partial charge in [0.25, 0.3) is 0 Å². The molecule has 0 saturated heterocycles. The molecule has 0 amide bonds. The molecule has 0 bridgehead atoms. The van der Waals surface area contributed by atoms with Gasteiger partial charge in [-0.1, -0.05) is 24.3 Å². The molecule has 0 saturated carbocycles. The third-order valence-electron chi connectivity index (χ3n) is 3.21. The van der Waals surface area contributed by atoms with Gasteiger partial charge in [0, 0.05) is 6.61 Å². The van der Waals surface area contributed by atoms with Gasteiger partial charge in [-0.15, -0.1) is 0 Å². The number of benzene rings is 1. The van der Waals surface area contributed by atoms with Crippen molar-refractivity contribution in [2.24, 2.45) is 0 Å². The number of fused-ring (bicyclic) bond motifs is 1. The van der Waals surface area contributed by atoms with Gasteiger partial charge in [0.15, 0.2) is 11.5 Å². The fourth-order valence-electron chi connectivity index (χ4n) is 2.26. The molecule has 0 unspecified atom stereocenters. The fourth-order valence-corrected chi connectivity index (χ4v) is 2.26. The van der Waals surface area contributed by atoms with Crippen LogP contribution in [0.15, 0.2) is 30.6 Å². The third kappa shape index (κ3) is 2.68. The van der Waals surface area contributed by atoms with Gasteiger partial charge >= 0.3 is 6.08 Å². The number of nitrogen functional groups attached to an aromatic ring is 1. The molecular formula is C14H14FN5O. The van der Waals surface area contributed by atoms with Crippen molar-refractivity contribution in [3.63, 3.8) is 0 Å². The minimum atomic E-state index is -0.865. The maximum atomic E-state index is 13.3. The summed E-state index contributed by atoms with van der Waals surface area (Å²) in [6, 6.07) is 7.81. The minimum absolute atomic E-state index is 0.0327. The largest absolute Gasteiger partial charge is 0.396 e. The first kappa shape index (κ1) is 13.4. The van der Waals surface area contributed by atoms with Crippen LogP contribution in [-0.4, -0.2) is 31.2 Å². The van der Waals surface area contributed by atoms with Crippen LogP contribution < -0.4 is 5.73 Å².